The number of nitrogens with one attached hydrogen (secondary N) is 1. The van der Waals surface area contributed by atoms with E-state index in [0.29, 0.717) is 49.1 Å². The normalized spacial score (nSPS) is 13.5. The minimum atomic E-state index is -0.530. The number of morpholine rings is 1. The highest BCUT2D eigenvalue weighted by Gasteiger charge is 2.21. The lowest BCUT2D eigenvalue weighted by atomic mass is 10.2. The van der Waals surface area contributed by atoms with E-state index in [-0.39, 0.29) is 24.3 Å². The summed E-state index contributed by atoms with van der Waals surface area (Å²) in [5.41, 5.74) is 6.85. The summed E-state index contributed by atoms with van der Waals surface area (Å²) in [7, 11) is 1.57. The molecule has 3 aromatic rings. The molecule has 11 nitrogen and oxygen atoms in total. The van der Waals surface area contributed by atoms with Gasteiger partial charge in [-0.1, -0.05) is 12.1 Å². The van der Waals surface area contributed by atoms with Crippen LogP contribution in [0.4, 0.5) is 23.4 Å². The number of para-hydroxylation sites is 2. The summed E-state index contributed by atoms with van der Waals surface area (Å²) in [6.45, 7) is 2.29. The Morgan fingerprint density at radius 1 is 1.16 bits per heavy atom. The summed E-state index contributed by atoms with van der Waals surface area (Å²) in [6, 6.07) is 10.7. The maximum atomic E-state index is 12.8. The van der Waals surface area contributed by atoms with Gasteiger partial charge in [-0.05, 0) is 24.3 Å². The van der Waals surface area contributed by atoms with E-state index in [4.69, 9.17) is 19.9 Å². The van der Waals surface area contributed by atoms with E-state index < -0.39 is 5.97 Å². The standard InChI is InChI=1S/C21H23N7O4/c1-30-16-7-3-2-6-15(16)24-21-26-17(25-20(22)27-21)13-32-19(29)14-5-4-8-23-18(14)28-9-11-31-12-10-28/h2-8H,9-13H2,1H3,(H3,22,24,25,26,27). The molecule has 1 aromatic carbocycles. The molecule has 0 spiro atoms. The van der Waals surface area contributed by atoms with E-state index in [1.807, 2.05) is 23.1 Å². The van der Waals surface area contributed by atoms with Crippen LogP contribution >= 0.6 is 0 Å². The second-order valence-electron chi connectivity index (χ2n) is 6.81. The molecular formula is C21H23N7O4. The van der Waals surface area contributed by atoms with Gasteiger partial charge in [-0.25, -0.2) is 9.78 Å². The van der Waals surface area contributed by atoms with Crippen LogP contribution in [-0.2, 0) is 16.1 Å². The van der Waals surface area contributed by atoms with E-state index in [0.717, 1.165) is 0 Å². The Hall–Kier alpha value is -3.99. The van der Waals surface area contributed by atoms with Crippen LogP contribution in [0.1, 0.15) is 16.2 Å². The number of anilines is 4. The molecule has 0 amide bonds. The second-order valence-corrected chi connectivity index (χ2v) is 6.81. The summed E-state index contributed by atoms with van der Waals surface area (Å²) < 4.78 is 16.1. The number of hydrogen-bond donors (Lipinski definition) is 2. The Balaban J connectivity index is 1.47. The fourth-order valence-corrected chi connectivity index (χ4v) is 3.22. The Labute approximate surface area is 184 Å². The molecule has 32 heavy (non-hydrogen) atoms. The Kier molecular flexibility index (Phi) is 6.56. The molecule has 11 heteroatoms. The molecule has 4 rings (SSSR count). The third-order valence-corrected chi connectivity index (χ3v) is 4.70. The van der Waals surface area contributed by atoms with Gasteiger partial charge < -0.3 is 30.2 Å². The molecule has 0 atom stereocenters. The van der Waals surface area contributed by atoms with Crippen LogP contribution in [0.5, 0.6) is 5.75 Å². The summed E-state index contributed by atoms with van der Waals surface area (Å²) in [5.74, 6) is 1.07. The number of carbonyl (C=O) groups excluding carboxylic acids is 1. The average Bonchev–Trinajstić information content (AvgIpc) is 2.83. The molecule has 1 saturated heterocycles. The first-order valence-electron chi connectivity index (χ1n) is 9.99. The first kappa shape index (κ1) is 21.2. The van der Waals surface area contributed by atoms with E-state index in [2.05, 4.69) is 25.3 Å². The van der Waals surface area contributed by atoms with Crippen LogP contribution < -0.4 is 20.7 Å². The minimum absolute atomic E-state index is 0.00108. The number of carbonyl (C=O) groups is 1. The highest BCUT2D eigenvalue weighted by Crippen LogP contribution is 2.26. The SMILES string of the molecule is COc1ccccc1Nc1nc(N)nc(COC(=O)c2cccnc2N2CCOCC2)n1. The fourth-order valence-electron chi connectivity index (χ4n) is 3.22. The van der Waals surface area contributed by atoms with Crippen molar-refractivity contribution in [3.05, 3.63) is 54.0 Å². The lowest BCUT2D eigenvalue weighted by Crippen LogP contribution is -2.37. The number of nitrogens with two attached hydrogens (primary N) is 1. The van der Waals surface area contributed by atoms with Gasteiger partial charge in [-0.15, -0.1) is 0 Å². The third kappa shape index (κ3) is 5.01. The van der Waals surface area contributed by atoms with Gasteiger partial charge >= 0.3 is 5.97 Å². The average molecular weight is 437 g/mol. The molecule has 1 fully saturated rings. The number of methoxy groups -OCH3 is 1. The zero-order valence-corrected chi connectivity index (χ0v) is 17.5. The second kappa shape index (κ2) is 9.88. The van der Waals surface area contributed by atoms with Crippen LogP contribution in [0, 0.1) is 0 Å². The number of aromatic nitrogens is 4. The van der Waals surface area contributed by atoms with Crippen LogP contribution in [-0.4, -0.2) is 59.3 Å². The summed E-state index contributed by atoms with van der Waals surface area (Å²) in [4.78, 5) is 31.6. The van der Waals surface area contributed by atoms with E-state index in [1.54, 1.807) is 31.5 Å². The Bertz CT molecular complexity index is 1090. The topological polar surface area (TPSA) is 138 Å². The predicted molar refractivity (Wildman–Crippen MR) is 117 cm³/mol. The lowest BCUT2D eigenvalue weighted by Gasteiger charge is -2.28. The van der Waals surface area contributed by atoms with E-state index in [1.165, 1.54) is 0 Å². The highest BCUT2D eigenvalue weighted by atomic mass is 16.5. The molecule has 0 unspecified atom stereocenters. The van der Waals surface area contributed by atoms with Crippen molar-refractivity contribution in [2.45, 2.75) is 6.61 Å². The molecule has 0 saturated carbocycles. The van der Waals surface area contributed by atoms with Gasteiger partial charge in [0.05, 0.1) is 26.0 Å². The summed E-state index contributed by atoms with van der Waals surface area (Å²) in [6.07, 6.45) is 1.64. The van der Waals surface area contributed by atoms with Crippen molar-refractivity contribution in [3.63, 3.8) is 0 Å². The maximum absolute atomic E-state index is 12.8. The zero-order valence-electron chi connectivity index (χ0n) is 17.5. The van der Waals surface area contributed by atoms with Gasteiger partial charge in [0, 0.05) is 19.3 Å². The van der Waals surface area contributed by atoms with E-state index >= 15 is 0 Å². The molecule has 3 heterocycles. The largest absolute Gasteiger partial charge is 0.495 e. The van der Waals surface area contributed by atoms with Gasteiger partial charge in [-0.3, -0.25) is 0 Å². The zero-order chi connectivity index (χ0) is 22.3. The molecule has 2 aromatic heterocycles. The van der Waals surface area contributed by atoms with Gasteiger partial charge in [-0.2, -0.15) is 15.0 Å². The third-order valence-electron chi connectivity index (χ3n) is 4.70. The molecule has 1 aliphatic heterocycles. The minimum Gasteiger partial charge on any atom is -0.495 e. The number of pyridine rings is 1. The predicted octanol–water partition coefficient (Wildman–Crippen LogP) is 1.79. The smallest absolute Gasteiger partial charge is 0.342 e. The molecule has 0 aliphatic carbocycles. The number of hydrogen-bond acceptors (Lipinski definition) is 11. The molecule has 3 N–H and O–H groups in total. The quantitative estimate of drug-likeness (QED) is 0.523. The summed E-state index contributed by atoms with van der Waals surface area (Å²) >= 11 is 0. The number of nitrogen functional groups attached to an aromatic ring is 1. The first-order chi connectivity index (χ1) is 15.6. The lowest BCUT2D eigenvalue weighted by molar-refractivity contribution is 0.0461. The van der Waals surface area contributed by atoms with Crippen molar-refractivity contribution in [3.8, 4) is 5.75 Å². The van der Waals surface area contributed by atoms with Crippen LogP contribution in [0.2, 0.25) is 0 Å². The van der Waals surface area contributed by atoms with Crippen LogP contribution in [0.15, 0.2) is 42.6 Å². The van der Waals surface area contributed by atoms with Crippen molar-refractivity contribution < 1.29 is 19.0 Å². The van der Waals surface area contributed by atoms with Crippen LogP contribution in [0.25, 0.3) is 0 Å². The number of ether oxygens (including phenoxy) is 3. The molecular weight excluding hydrogens is 414 g/mol. The van der Waals surface area contributed by atoms with Gasteiger partial charge in [0.2, 0.25) is 11.9 Å². The molecule has 166 valence electrons. The maximum Gasteiger partial charge on any atom is 0.342 e. The Morgan fingerprint density at radius 2 is 1.97 bits per heavy atom. The van der Waals surface area contributed by atoms with Gasteiger partial charge in [0.1, 0.15) is 17.1 Å². The van der Waals surface area contributed by atoms with Crippen molar-refractivity contribution >= 4 is 29.4 Å². The van der Waals surface area contributed by atoms with Crippen molar-refractivity contribution in [2.24, 2.45) is 0 Å². The van der Waals surface area contributed by atoms with E-state index in [9.17, 15) is 4.79 Å². The number of benzene rings is 1. The number of esters is 1. The number of nitrogens with zero attached hydrogens (tertiary/aromatic N) is 5. The van der Waals surface area contributed by atoms with Crippen molar-refractivity contribution in [1.29, 1.82) is 0 Å². The first-order valence-corrected chi connectivity index (χ1v) is 9.99. The Morgan fingerprint density at radius 3 is 2.78 bits per heavy atom. The molecule has 0 radical (unpaired) electrons. The highest BCUT2D eigenvalue weighted by molar-refractivity contribution is 5.94. The van der Waals surface area contributed by atoms with Crippen molar-refractivity contribution in [1.82, 2.24) is 19.9 Å². The number of rotatable bonds is 7. The summed E-state index contributed by atoms with van der Waals surface area (Å²) in [5, 5.41) is 3.04. The van der Waals surface area contributed by atoms with Gasteiger partial charge in [0.15, 0.2) is 12.4 Å². The van der Waals surface area contributed by atoms with Crippen molar-refractivity contribution in [2.75, 3.05) is 49.4 Å². The monoisotopic (exact) mass is 437 g/mol. The molecule has 1 aliphatic rings. The van der Waals surface area contributed by atoms with Crippen LogP contribution in [0.3, 0.4) is 0 Å². The fraction of sp³-hybridized carbons (Fsp3) is 0.286. The molecule has 0 bridgehead atoms. The van der Waals surface area contributed by atoms with Gasteiger partial charge in [0.25, 0.3) is 0 Å².